The van der Waals surface area contributed by atoms with Crippen molar-refractivity contribution in [2.45, 2.75) is 6.04 Å². The summed E-state index contributed by atoms with van der Waals surface area (Å²) in [6.45, 7) is 1.84. The van der Waals surface area contributed by atoms with Crippen molar-refractivity contribution in [1.82, 2.24) is 5.32 Å². The predicted molar refractivity (Wildman–Crippen MR) is 65.0 cm³/mol. The number of amides is 1. The topological polar surface area (TPSA) is 58.4 Å². The van der Waals surface area contributed by atoms with E-state index in [1.807, 2.05) is 24.1 Å². The molecule has 1 aliphatic rings. The lowest BCUT2D eigenvalue weighted by molar-refractivity contribution is 0.100. The summed E-state index contributed by atoms with van der Waals surface area (Å²) in [6, 6.07) is 5.77. The van der Waals surface area contributed by atoms with E-state index >= 15 is 0 Å². The molecule has 4 nitrogen and oxygen atoms in total. The molecule has 0 bridgehead atoms. The molecule has 2 rings (SSSR count). The van der Waals surface area contributed by atoms with Gasteiger partial charge in [-0.3, -0.25) is 4.79 Å². The van der Waals surface area contributed by atoms with Gasteiger partial charge in [0.2, 0.25) is 0 Å². The van der Waals surface area contributed by atoms with Crippen LogP contribution in [0.25, 0.3) is 0 Å². The summed E-state index contributed by atoms with van der Waals surface area (Å²) in [4.78, 5) is 13.4. The summed E-state index contributed by atoms with van der Waals surface area (Å²) in [5.41, 5.74) is 6.55. The molecule has 3 N–H and O–H groups in total. The molecule has 1 fully saturated rings. The molecule has 1 heterocycles. The van der Waals surface area contributed by atoms with E-state index in [2.05, 4.69) is 5.32 Å². The Balaban J connectivity index is 2.38. The number of hydrogen-bond acceptors (Lipinski definition) is 3. The van der Waals surface area contributed by atoms with Crippen molar-refractivity contribution in [2.75, 3.05) is 25.0 Å². The van der Waals surface area contributed by atoms with E-state index in [-0.39, 0.29) is 0 Å². The summed E-state index contributed by atoms with van der Waals surface area (Å²) in [6.07, 6.45) is 0. The zero-order chi connectivity index (χ0) is 11.7. The van der Waals surface area contributed by atoms with Crippen molar-refractivity contribution in [3.8, 4) is 0 Å². The van der Waals surface area contributed by atoms with Crippen LogP contribution in [0.15, 0.2) is 18.2 Å². The van der Waals surface area contributed by atoms with Gasteiger partial charge in [0, 0.05) is 20.1 Å². The third-order valence-corrected chi connectivity index (χ3v) is 3.24. The van der Waals surface area contributed by atoms with Crippen LogP contribution in [0.2, 0.25) is 5.02 Å². The van der Waals surface area contributed by atoms with Crippen LogP contribution in [0.5, 0.6) is 0 Å². The Morgan fingerprint density at radius 3 is 2.75 bits per heavy atom. The SMILES string of the molecule is CN(c1cccc(Cl)c1C(N)=O)C1CNC1. The average Bonchev–Trinajstić information content (AvgIpc) is 2.13. The Morgan fingerprint density at radius 2 is 2.25 bits per heavy atom. The summed E-state index contributed by atoms with van der Waals surface area (Å²) in [5, 5.41) is 3.59. The predicted octanol–water partition coefficient (Wildman–Crippen LogP) is 0.847. The molecule has 0 aromatic heterocycles. The molecule has 0 radical (unpaired) electrons. The zero-order valence-electron chi connectivity index (χ0n) is 9.03. The monoisotopic (exact) mass is 239 g/mol. The van der Waals surface area contributed by atoms with Gasteiger partial charge in [-0.2, -0.15) is 0 Å². The van der Waals surface area contributed by atoms with Gasteiger partial charge in [0.25, 0.3) is 5.91 Å². The molecule has 1 saturated heterocycles. The second-order valence-corrected chi connectivity index (χ2v) is 4.33. The molecule has 16 heavy (non-hydrogen) atoms. The maximum atomic E-state index is 11.4. The van der Waals surface area contributed by atoms with E-state index in [1.54, 1.807) is 6.07 Å². The normalized spacial score (nSPS) is 15.6. The van der Waals surface area contributed by atoms with E-state index in [9.17, 15) is 4.79 Å². The highest BCUT2D eigenvalue weighted by Gasteiger charge is 2.25. The van der Waals surface area contributed by atoms with Crippen molar-refractivity contribution >= 4 is 23.2 Å². The molecule has 0 unspecified atom stereocenters. The minimum atomic E-state index is -0.486. The second kappa shape index (κ2) is 4.31. The molecule has 86 valence electrons. The first-order valence-corrected chi connectivity index (χ1v) is 5.51. The summed E-state index contributed by atoms with van der Waals surface area (Å²) in [7, 11) is 1.95. The summed E-state index contributed by atoms with van der Waals surface area (Å²) < 4.78 is 0. The third kappa shape index (κ3) is 1.86. The smallest absolute Gasteiger partial charge is 0.252 e. The van der Waals surface area contributed by atoms with Crippen molar-refractivity contribution in [3.05, 3.63) is 28.8 Å². The van der Waals surface area contributed by atoms with E-state index < -0.39 is 5.91 Å². The fraction of sp³-hybridized carbons (Fsp3) is 0.364. The van der Waals surface area contributed by atoms with Crippen LogP contribution in [-0.4, -0.2) is 32.1 Å². The van der Waals surface area contributed by atoms with Gasteiger partial charge < -0.3 is 16.0 Å². The number of nitrogens with two attached hydrogens (primary N) is 1. The number of anilines is 1. The molecule has 0 saturated carbocycles. The van der Waals surface area contributed by atoms with Crippen molar-refractivity contribution < 1.29 is 4.79 Å². The van der Waals surface area contributed by atoms with Crippen molar-refractivity contribution in [2.24, 2.45) is 5.73 Å². The van der Waals surface area contributed by atoms with E-state index in [0.717, 1.165) is 18.8 Å². The minimum absolute atomic E-state index is 0.400. The van der Waals surface area contributed by atoms with Crippen LogP contribution < -0.4 is 16.0 Å². The van der Waals surface area contributed by atoms with Gasteiger partial charge in [-0.25, -0.2) is 0 Å². The Labute approximate surface area is 99.4 Å². The van der Waals surface area contributed by atoms with Gasteiger partial charge >= 0.3 is 0 Å². The Bertz CT molecular complexity index is 418. The number of nitrogens with one attached hydrogen (secondary N) is 1. The first-order valence-electron chi connectivity index (χ1n) is 5.13. The molecular weight excluding hydrogens is 226 g/mol. The number of carbonyl (C=O) groups is 1. The van der Waals surface area contributed by atoms with Crippen LogP contribution in [-0.2, 0) is 0 Å². The Kier molecular flexibility index (Phi) is 3.03. The maximum absolute atomic E-state index is 11.4. The van der Waals surface area contributed by atoms with Gasteiger partial charge in [-0.05, 0) is 12.1 Å². The number of carbonyl (C=O) groups excluding carboxylic acids is 1. The molecule has 1 aliphatic heterocycles. The van der Waals surface area contributed by atoms with Crippen LogP contribution in [0.3, 0.4) is 0 Å². The number of benzene rings is 1. The van der Waals surface area contributed by atoms with Gasteiger partial charge in [-0.1, -0.05) is 17.7 Å². The van der Waals surface area contributed by atoms with Gasteiger partial charge in [0.15, 0.2) is 0 Å². The highest BCUT2D eigenvalue weighted by molar-refractivity contribution is 6.34. The van der Waals surface area contributed by atoms with Crippen LogP contribution in [0.4, 0.5) is 5.69 Å². The summed E-state index contributed by atoms with van der Waals surface area (Å²) >= 11 is 5.99. The van der Waals surface area contributed by atoms with Crippen LogP contribution in [0, 0.1) is 0 Å². The molecule has 1 aromatic rings. The van der Waals surface area contributed by atoms with Crippen molar-refractivity contribution in [1.29, 1.82) is 0 Å². The lowest BCUT2D eigenvalue weighted by Crippen LogP contribution is -2.56. The number of nitrogens with zero attached hydrogens (tertiary/aromatic N) is 1. The molecule has 1 aromatic carbocycles. The number of likely N-dealkylation sites (N-methyl/N-ethyl adjacent to an activating group) is 1. The molecular formula is C11H14ClN3O. The maximum Gasteiger partial charge on any atom is 0.252 e. The van der Waals surface area contributed by atoms with Crippen molar-refractivity contribution in [3.63, 3.8) is 0 Å². The highest BCUT2D eigenvalue weighted by atomic mass is 35.5. The zero-order valence-corrected chi connectivity index (χ0v) is 9.79. The van der Waals surface area contributed by atoms with E-state index in [4.69, 9.17) is 17.3 Å². The van der Waals surface area contributed by atoms with Crippen LogP contribution >= 0.6 is 11.6 Å². The number of primary amides is 1. The first kappa shape index (κ1) is 11.2. The largest absolute Gasteiger partial charge is 0.368 e. The lowest BCUT2D eigenvalue weighted by Gasteiger charge is -2.37. The Morgan fingerprint density at radius 1 is 1.56 bits per heavy atom. The van der Waals surface area contributed by atoms with E-state index in [0.29, 0.717) is 16.6 Å². The molecule has 1 amide bonds. The fourth-order valence-electron chi connectivity index (χ4n) is 1.79. The molecule has 0 atom stereocenters. The fourth-order valence-corrected chi connectivity index (χ4v) is 2.06. The highest BCUT2D eigenvalue weighted by Crippen LogP contribution is 2.28. The molecule has 5 heteroatoms. The Hall–Kier alpha value is -1.26. The first-order chi connectivity index (χ1) is 7.61. The number of rotatable bonds is 3. The minimum Gasteiger partial charge on any atom is -0.368 e. The molecule has 0 spiro atoms. The van der Waals surface area contributed by atoms with Crippen LogP contribution in [0.1, 0.15) is 10.4 Å². The standard InChI is InChI=1S/C11H14ClN3O/c1-15(7-5-14-6-7)9-4-2-3-8(12)10(9)11(13)16/h2-4,7,14H,5-6H2,1H3,(H2,13,16). The molecule has 0 aliphatic carbocycles. The lowest BCUT2D eigenvalue weighted by atomic mass is 10.1. The third-order valence-electron chi connectivity index (χ3n) is 2.93. The van der Waals surface area contributed by atoms with Gasteiger partial charge in [0.05, 0.1) is 22.3 Å². The summed E-state index contributed by atoms with van der Waals surface area (Å²) in [5.74, 6) is -0.486. The second-order valence-electron chi connectivity index (χ2n) is 3.92. The number of hydrogen-bond donors (Lipinski definition) is 2. The average molecular weight is 240 g/mol. The van der Waals surface area contributed by atoms with Gasteiger partial charge in [0.1, 0.15) is 0 Å². The van der Waals surface area contributed by atoms with E-state index in [1.165, 1.54) is 0 Å². The quantitative estimate of drug-likeness (QED) is 0.822. The number of halogens is 1. The van der Waals surface area contributed by atoms with Gasteiger partial charge in [-0.15, -0.1) is 0 Å².